The Labute approximate surface area is 140 Å². The molecule has 1 amide bonds. The Kier molecular flexibility index (Phi) is 3.35. The lowest BCUT2D eigenvalue weighted by molar-refractivity contribution is 0.150. The van der Waals surface area contributed by atoms with Crippen molar-refractivity contribution in [3.05, 3.63) is 53.8 Å². The van der Waals surface area contributed by atoms with Crippen LogP contribution in [-0.4, -0.2) is 18.7 Å². The predicted octanol–water partition coefficient (Wildman–Crippen LogP) is 3.79. The number of rotatable bonds is 3. The molecule has 2 aromatic rings. The minimum Gasteiger partial charge on any atom is -0.444 e. The van der Waals surface area contributed by atoms with Gasteiger partial charge in [0.05, 0.1) is 12.2 Å². The number of ether oxygens (including phenoxy) is 1. The first-order valence-electron chi connectivity index (χ1n) is 8.14. The van der Waals surface area contributed by atoms with E-state index in [4.69, 9.17) is 10.5 Å². The van der Waals surface area contributed by atoms with Gasteiger partial charge in [-0.15, -0.1) is 0 Å². The van der Waals surface area contributed by atoms with Gasteiger partial charge in [-0.3, -0.25) is 4.90 Å². The lowest BCUT2D eigenvalue weighted by Gasteiger charge is -2.15. The Morgan fingerprint density at radius 1 is 1.21 bits per heavy atom. The van der Waals surface area contributed by atoms with Gasteiger partial charge in [0.15, 0.2) is 0 Å². The van der Waals surface area contributed by atoms with Gasteiger partial charge in [0.2, 0.25) is 0 Å². The second-order valence-electron chi connectivity index (χ2n) is 6.70. The molecule has 4 rings (SSSR count). The van der Waals surface area contributed by atoms with Crippen LogP contribution in [0.2, 0.25) is 0 Å². The summed E-state index contributed by atoms with van der Waals surface area (Å²) in [6, 6.07) is 12.6. The molecule has 1 saturated carbocycles. The summed E-state index contributed by atoms with van der Waals surface area (Å²) >= 11 is 0. The molecule has 2 N–H and O–H groups in total. The van der Waals surface area contributed by atoms with Crippen LogP contribution < -0.4 is 10.6 Å². The van der Waals surface area contributed by atoms with Crippen LogP contribution in [0, 0.1) is 5.82 Å². The van der Waals surface area contributed by atoms with Gasteiger partial charge in [0.1, 0.15) is 11.9 Å². The lowest BCUT2D eigenvalue weighted by Crippen LogP contribution is -2.24. The van der Waals surface area contributed by atoms with Crippen LogP contribution in [0.1, 0.15) is 25.3 Å². The number of hydrogen-bond donors (Lipinski definition) is 1. The molecular formula is C19H19FN2O2. The number of hydrogen-bond acceptors (Lipinski definition) is 3. The van der Waals surface area contributed by atoms with Gasteiger partial charge in [-0.1, -0.05) is 24.3 Å². The molecule has 0 bridgehead atoms. The van der Waals surface area contributed by atoms with Gasteiger partial charge in [0.25, 0.3) is 0 Å². The summed E-state index contributed by atoms with van der Waals surface area (Å²) in [6.07, 6.45) is 1.38. The lowest BCUT2D eigenvalue weighted by atomic mass is 9.99. The highest BCUT2D eigenvalue weighted by Crippen LogP contribution is 2.43. The SMILES string of the molecule is CC1CN(c2ccc(-c3ccc(C4(N)CC4)cc3)c(F)c2)C(=O)O1. The van der Waals surface area contributed by atoms with Gasteiger partial charge in [-0.25, -0.2) is 9.18 Å². The molecule has 2 fully saturated rings. The van der Waals surface area contributed by atoms with Crippen molar-refractivity contribution in [3.8, 4) is 11.1 Å². The van der Waals surface area contributed by atoms with Crippen LogP contribution in [0.4, 0.5) is 14.9 Å². The zero-order valence-electron chi connectivity index (χ0n) is 13.5. The molecule has 1 aliphatic carbocycles. The standard InChI is InChI=1S/C19H19FN2O2/c1-12-11-22(18(23)24-12)15-6-7-16(17(20)10-15)13-2-4-14(5-3-13)19(21)8-9-19/h2-7,10,12H,8-9,11,21H2,1H3. The van der Waals surface area contributed by atoms with E-state index in [1.165, 1.54) is 11.0 Å². The molecule has 1 unspecified atom stereocenters. The fourth-order valence-electron chi connectivity index (χ4n) is 3.13. The van der Waals surface area contributed by atoms with Crippen molar-refractivity contribution >= 4 is 11.8 Å². The second kappa shape index (κ2) is 5.31. The first kappa shape index (κ1) is 15.1. The molecule has 124 valence electrons. The Balaban J connectivity index is 1.61. The molecule has 0 aromatic heterocycles. The van der Waals surface area contributed by atoms with E-state index < -0.39 is 6.09 Å². The Morgan fingerprint density at radius 3 is 2.46 bits per heavy atom. The van der Waals surface area contributed by atoms with Gasteiger partial charge in [0, 0.05) is 11.1 Å². The van der Waals surface area contributed by atoms with Crippen LogP contribution in [0.15, 0.2) is 42.5 Å². The first-order valence-corrected chi connectivity index (χ1v) is 8.14. The highest BCUT2D eigenvalue weighted by Gasteiger charge is 2.39. The zero-order chi connectivity index (χ0) is 16.9. The molecule has 0 spiro atoms. The minimum atomic E-state index is -0.434. The average molecular weight is 326 g/mol. The number of nitrogens with zero attached hydrogens (tertiary/aromatic N) is 1. The Hall–Kier alpha value is -2.40. The number of benzene rings is 2. The van der Waals surface area contributed by atoms with Crippen LogP contribution in [0.5, 0.6) is 0 Å². The summed E-state index contributed by atoms with van der Waals surface area (Å²) in [7, 11) is 0. The molecule has 24 heavy (non-hydrogen) atoms. The third kappa shape index (κ3) is 2.55. The number of carbonyl (C=O) groups excluding carboxylic acids is 1. The number of amides is 1. The molecule has 1 atom stereocenters. The summed E-state index contributed by atoms with van der Waals surface area (Å²) in [5, 5.41) is 0. The number of anilines is 1. The monoisotopic (exact) mass is 326 g/mol. The fourth-order valence-corrected chi connectivity index (χ4v) is 3.13. The van der Waals surface area contributed by atoms with Crippen molar-refractivity contribution in [2.45, 2.75) is 31.4 Å². The van der Waals surface area contributed by atoms with E-state index in [1.807, 2.05) is 31.2 Å². The maximum atomic E-state index is 14.6. The molecular weight excluding hydrogens is 307 g/mol. The normalized spacial score (nSPS) is 21.7. The van der Waals surface area contributed by atoms with Gasteiger partial charge in [-0.2, -0.15) is 0 Å². The first-order chi connectivity index (χ1) is 11.5. The molecule has 1 saturated heterocycles. The van der Waals surface area contributed by atoms with Crippen LogP contribution in [-0.2, 0) is 10.3 Å². The van der Waals surface area contributed by atoms with Crippen molar-refractivity contribution in [1.29, 1.82) is 0 Å². The maximum Gasteiger partial charge on any atom is 0.414 e. The van der Waals surface area contributed by atoms with E-state index in [-0.39, 0.29) is 17.5 Å². The van der Waals surface area contributed by atoms with E-state index >= 15 is 0 Å². The molecule has 0 radical (unpaired) electrons. The number of cyclic esters (lactones) is 1. The molecule has 2 aromatic carbocycles. The molecule has 2 aliphatic rings. The second-order valence-corrected chi connectivity index (χ2v) is 6.70. The Morgan fingerprint density at radius 2 is 1.92 bits per heavy atom. The highest BCUT2D eigenvalue weighted by molar-refractivity contribution is 5.90. The predicted molar refractivity (Wildman–Crippen MR) is 90.2 cm³/mol. The summed E-state index contributed by atoms with van der Waals surface area (Å²) in [6.45, 7) is 2.25. The van der Waals surface area contributed by atoms with E-state index in [2.05, 4.69) is 0 Å². The molecule has 1 heterocycles. The zero-order valence-corrected chi connectivity index (χ0v) is 13.5. The van der Waals surface area contributed by atoms with Gasteiger partial charge >= 0.3 is 6.09 Å². The average Bonchev–Trinajstić information content (AvgIpc) is 3.22. The maximum absolute atomic E-state index is 14.6. The van der Waals surface area contributed by atoms with Crippen molar-refractivity contribution in [3.63, 3.8) is 0 Å². The van der Waals surface area contributed by atoms with E-state index in [0.29, 0.717) is 17.8 Å². The summed E-state index contributed by atoms with van der Waals surface area (Å²) < 4.78 is 19.6. The van der Waals surface area contributed by atoms with E-state index in [0.717, 1.165) is 24.0 Å². The smallest absolute Gasteiger partial charge is 0.414 e. The van der Waals surface area contributed by atoms with E-state index in [1.54, 1.807) is 12.1 Å². The van der Waals surface area contributed by atoms with Crippen LogP contribution in [0.25, 0.3) is 11.1 Å². The molecule has 5 heteroatoms. The third-order valence-corrected chi connectivity index (χ3v) is 4.79. The number of halogens is 1. The van der Waals surface area contributed by atoms with Gasteiger partial charge in [-0.05, 0) is 49.1 Å². The largest absolute Gasteiger partial charge is 0.444 e. The van der Waals surface area contributed by atoms with Crippen molar-refractivity contribution in [2.75, 3.05) is 11.4 Å². The van der Waals surface area contributed by atoms with Crippen LogP contribution >= 0.6 is 0 Å². The van der Waals surface area contributed by atoms with Gasteiger partial charge < -0.3 is 10.5 Å². The molecule has 1 aliphatic heterocycles. The Bertz CT molecular complexity index is 800. The van der Waals surface area contributed by atoms with Crippen LogP contribution in [0.3, 0.4) is 0 Å². The molecule has 4 nitrogen and oxygen atoms in total. The minimum absolute atomic E-state index is 0.182. The van der Waals surface area contributed by atoms with Crippen molar-refractivity contribution < 1.29 is 13.9 Å². The topological polar surface area (TPSA) is 55.6 Å². The van der Waals surface area contributed by atoms with Crippen molar-refractivity contribution in [1.82, 2.24) is 0 Å². The fraction of sp³-hybridized carbons (Fsp3) is 0.316. The van der Waals surface area contributed by atoms with Crippen molar-refractivity contribution in [2.24, 2.45) is 5.73 Å². The summed E-state index contributed by atoms with van der Waals surface area (Å²) in [5.41, 5.74) is 8.90. The third-order valence-electron chi connectivity index (χ3n) is 4.79. The number of nitrogens with two attached hydrogens (primary N) is 1. The summed E-state index contributed by atoms with van der Waals surface area (Å²) in [4.78, 5) is 13.2. The quantitative estimate of drug-likeness (QED) is 0.934. The number of carbonyl (C=O) groups is 1. The van der Waals surface area contributed by atoms with E-state index in [9.17, 15) is 9.18 Å². The highest BCUT2D eigenvalue weighted by atomic mass is 19.1. The summed E-state index contributed by atoms with van der Waals surface area (Å²) in [5.74, 6) is -0.360.